The average Bonchev–Trinajstić information content (AvgIpc) is 3.10. The standard InChI is InChI=1S/C23H24BrF3N2O4/c1-4-32-20(30)22(2,3)33-19-10-5-15(13-18(19)24)14-28-11-12-29(21(28)31)17-8-6-16(7-9-17)23(25,26)27/h5-10,13H,4,11-12,14H2,1-3H3. The second-order valence-electron chi connectivity index (χ2n) is 8.00. The fourth-order valence-electron chi connectivity index (χ4n) is 3.37. The molecule has 0 N–H and O–H groups in total. The van der Waals surface area contributed by atoms with E-state index >= 15 is 0 Å². The maximum absolute atomic E-state index is 12.8. The SMILES string of the molecule is CCOC(=O)C(C)(C)Oc1ccc(CN2CCN(c3ccc(C(F)(F)F)cc3)C2=O)cc1Br. The molecule has 1 saturated heterocycles. The molecule has 0 unspecified atom stereocenters. The molecule has 2 aromatic carbocycles. The fraction of sp³-hybridized carbons (Fsp3) is 0.391. The molecule has 1 heterocycles. The highest BCUT2D eigenvalue weighted by Crippen LogP contribution is 2.33. The van der Waals surface area contributed by atoms with Crippen LogP contribution in [0.3, 0.4) is 0 Å². The maximum atomic E-state index is 12.8. The van der Waals surface area contributed by atoms with Gasteiger partial charge in [0.05, 0.1) is 16.6 Å². The van der Waals surface area contributed by atoms with E-state index in [0.29, 0.717) is 35.5 Å². The Morgan fingerprint density at radius 1 is 1.09 bits per heavy atom. The second kappa shape index (κ2) is 9.62. The summed E-state index contributed by atoms with van der Waals surface area (Å²) in [5.74, 6) is -0.0251. The number of esters is 1. The molecule has 0 atom stereocenters. The maximum Gasteiger partial charge on any atom is 0.416 e. The third kappa shape index (κ3) is 5.79. The van der Waals surface area contributed by atoms with Crippen LogP contribution in [-0.4, -0.2) is 42.2 Å². The van der Waals surface area contributed by atoms with Crippen LogP contribution >= 0.6 is 15.9 Å². The predicted octanol–water partition coefficient (Wildman–Crippen LogP) is 5.63. The summed E-state index contributed by atoms with van der Waals surface area (Å²) in [6.45, 7) is 6.33. The average molecular weight is 529 g/mol. The van der Waals surface area contributed by atoms with Crippen molar-refractivity contribution in [1.29, 1.82) is 0 Å². The van der Waals surface area contributed by atoms with Crippen LogP contribution in [0, 0.1) is 0 Å². The van der Waals surface area contributed by atoms with Gasteiger partial charge in [0.2, 0.25) is 0 Å². The summed E-state index contributed by atoms with van der Waals surface area (Å²) in [6, 6.07) is 9.55. The van der Waals surface area contributed by atoms with E-state index in [1.807, 2.05) is 0 Å². The number of hydrogen-bond acceptors (Lipinski definition) is 4. The number of hydrogen-bond donors (Lipinski definition) is 0. The molecule has 178 valence electrons. The van der Waals surface area contributed by atoms with Gasteiger partial charge in [-0.3, -0.25) is 4.90 Å². The lowest BCUT2D eigenvalue weighted by atomic mass is 10.1. The van der Waals surface area contributed by atoms with Crippen LogP contribution in [0.1, 0.15) is 31.9 Å². The van der Waals surface area contributed by atoms with Crippen molar-refractivity contribution in [2.75, 3.05) is 24.6 Å². The van der Waals surface area contributed by atoms with Crippen LogP contribution in [0.2, 0.25) is 0 Å². The van der Waals surface area contributed by atoms with Crippen LogP contribution in [0.25, 0.3) is 0 Å². The minimum Gasteiger partial charge on any atom is -0.475 e. The Bertz CT molecular complexity index is 1030. The van der Waals surface area contributed by atoms with E-state index in [1.54, 1.807) is 43.9 Å². The highest BCUT2D eigenvalue weighted by molar-refractivity contribution is 9.10. The van der Waals surface area contributed by atoms with E-state index in [0.717, 1.165) is 17.7 Å². The Morgan fingerprint density at radius 3 is 2.33 bits per heavy atom. The topological polar surface area (TPSA) is 59.1 Å². The van der Waals surface area contributed by atoms with Gasteiger partial charge in [-0.05, 0) is 78.7 Å². The summed E-state index contributed by atoms with van der Waals surface area (Å²) in [7, 11) is 0. The molecule has 10 heteroatoms. The van der Waals surface area contributed by atoms with Crippen molar-refractivity contribution in [3.63, 3.8) is 0 Å². The molecule has 1 fully saturated rings. The molecule has 0 aliphatic carbocycles. The van der Waals surface area contributed by atoms with Crippen molar-refractivity contribution in [3.8, 4) is 5.75 Å². The minimum absolute atomic E-state index is 0.249. The van der Waals surface area contributed by atoms with Crippen molar-refractivity contribution < 1.29 is 32.2 Å². The van der Waals surface area contributed by atoms with Gasteiger partial charge in [0.1, 0.15) is 5.75 Å². The second-order valence-corrected chi connectivity index (χ2v) is 8.85. The van der Waals surface area contributed by atoms with Gasteiger partial charge in [0.15, 0.2) is 5.60 Å². The number of amides is 2. The first-order valence-corrected chi connectivity index (χ1v) is 11.1. The summed E-state index contributed by atoms with van der Waals surface area (Å²) < 4.78 is 49.8. The Kier molecular flexibility index (Phi) is 7.26. The largest absolute Gasteiger partial charge is 0.475 e. The van der Waals surface area contributed by atoms with Gasteiger partial charge in [-0.1, -0.05) is 6.07 Å². The summed E-state index contributed by atoms with van der Waals surface area (Å²) >= 11 is 3.44. The van der Waals surface area contributed by atoms with Gasteiger partial charge in [-0.2, -0.15) is 13.2 Å². The molecular formula is C23H24BrF3N2O4. The smallest absolute Gasteiger partial charge is 0.416 e. The van der Waals surface area contributed by atoms with Gasteiger partial charge in [0, 0.05) is 25.3 Å². The number of nitrogens with zero attached hydrogens (tertiary/aromatic N) is 2. The first-order valence-electron chi connectivity index (χ1n) is 10.3. The summed E-state index contributed by atoms with van der Waals surface area (Å²) in [5, 5.41) is 0. The highest BCUT2D eigenvalue weighted by atomic mass is 79.9. The Labute approximate surface area is 198 Å². The van der Waals surface area contributed by atoms with E-state index in [-0.39, 0.29) is 12.6 Å². The van der Waals surface area contributed by atoms with Gasteiger partial charge < -0.3 is 14.4 Å². The van der Waals surface area contributed by atoms with Gasteiger partial charge in [-0.15, -0.1) is 0 Å². The molecule has 6 nitrogen and oxygen atoms in total. The molecule has 0 spiro atoms. The lowest BCUT2D eigenvalue weighted by Crippen LogP contribution is -2.39. The molecule has 3 rings (SSSR count). The molecular weight excluding hydrogens is 505 g/mol. The number of ether oxygens (including phenoxy) is 2. The van der Waals surface area contributed by atoms with Crippen LogP contribution in [0.4, 0.5) is 23.7 Å². The molecule has 1 aliphatic rings. The molecule has 1 aliphatic heterocycles. The third-order valence-electron chi connectivity index (χ3n) is 5.10. The number of benzene rings is 2. The number of alkyl halides is 3. The van der Waals surface area contributed by atoms with Crippen molar-refractivity contribution in [2.45, 2.75) is 39.1 Å². The minimum atomic E-state index is -4.42. The van der Waals surface area contributed by atoms with Crippen molar-refractivity contribution in [1.82, 2.24) is 4.90 Å². The number of urea groups is 1. The summed E-state index contributed by atoms with van der Waals surface area (Å²) in [5.41, 5.74) is -0.687. The zero-order chi connectivity index (χ0) is 24.4. The van der Waals surface area contributed by atoms with Gasteiger partial charge in [-0.25, -0.2) is 9.59 Å². The van der Waals surface area contributed by atoms with E-state index in [2.05, 4.69) is 15.9 Å². The van der Waals surface area contributed by atoms with E-state index in [9.17, 15) is 22.8 Å². The van der Waals surface area contributed by atoms with Crippen molar-refractivity contribution in [3.05, 3.63) is 58.1 Å². The molecule has 2 amide bonds. The first-order chi connectivity index (χ1) is 15.4. The highest BCUT2D eigenvalue weighted by Gasteiger charge is 2.34. The molecule has 0 bridgehead atoms. The summed E-state index contributed by atoms with van der Waals surface area (Å²) in [6.07, 6.45) is -4.42. The van der Waals surface area contributed by atoms with Crippen LogP contribution in [-0.2, 0) is 22.3 Å². The number of carbonyl (C=O) groups excluding carboxylic acids is 2. The molecule has 2 aromatic rings. The molecule has 33 heavy (non-hydrogen) atoms. The fourth-order valence-corrected chi connectivity index (χ4v) is 3.87. The van der Waals surface area contributed by atoms with Gasteiger partial charge in [0.25, 0.3) is 0 Å². The number of rotatable bonds is 7. The normalized spacial score (nSPS) is 14.6. The summed E-state index contributed by atoms with van der Waals surface area (Å²) in [4.78, 5) is 27.9. The number of carbonyl (C=O) groups is 2. The van der Waals surface area contributed by atoms with E-state index in [4.69, 9.17) is 9.47 Å². The lowest BCUT2D eigenvalue weighted by Gasteiger charge is -2.25. The van der Waals surface area contributed by atoms with Crippen molar-refractivity contribution >= 4 is 33.6 Å². The third-order valence-corrected chi connectivity index (χ3v) is 5.72. The number of anilines is 1. The Balaban J connectivity index is 1.66. The van der Waals surface area contributed by atoms with Crippen LogP contribution < -0.4 is 9.64 Å². The first kappa shape index (κ1) is 24.9. The van der Waals surface area contributed by atoms with Gasteiger partial charge >= 0.3 is 18.2 Å². The quantitative estimate of drug-likeness (QED) is 0.437. The lowest BCUT2D eigenvalue weighted by molar-refractivity contribution is -0.158. The number of halogens is 4. The zero-order valence-electron chi connectivity index (χ0n) is 18.4. The van der Waals surface area contributed by atoms with Crippen LogP contribution in [0.15, 0.2) is 46.9 Å². The monoisotopic (exact) mass is 528 g/mol. The van der Waals surface area contributed by atoms with Crippen LogP contribution in [0.5, 0.6) is 5.75 Å². The van der Waals surface area contributed by atoms with Crippen molar-refractivity contribution in [2.24, 2.45) is 0 Å². The Morgan fingerprint density at radius 2 is 1.76 bits per heavy atom. The zero-order valence-corrected chi connectivity index (χ0v) is 20.0. The molecule has 0 saturated carbocycles. The predicted molar refractivity (Wildman–Crippen MR) is 120 cm³/mol. The molecule has 0 aromatic heterocycles. The Hall–Kier alpha value is -2.75. The van der Waals surface area contributed by atoms with E-state index in [1.165, 1.54) is 17.0 Å². The van der Waals surface area contributed by atoms with E-state index < -0.39 is 23.3 Å². The molecule has 0 radical (unpaired) electrons.